The summed E-state index contributed by atoms with van der Waals surface area (Å²) in [5.41, 5.74) is 5.38. The molecule has 2 aliphatic carbocycles. The zero-order valence-corrected chi connectivity index (χ0v) is 30.1. The van der Waals surface area contributed by atoms with Gasteiger partial charge in [-0.3, -0.25) is 14.4 Å². The Morgan fingerprint density at radius 3 is 1.56 bits per heavy atom. The van der Waals surface area contributed by atoms with Gasteiger partial charge in [0.15, 0.2) is 0 Å². The van der Waals surface area contributed by atoms with Crippen molar-refractivity contribution in [2.45, 2.75) is 115 Å². The number of carboxylic acids is 1. The number of carbonyl (C=O) groups excluding carboxylic acids is 3. The first-order chi connectivity index (χ1) is 18.3. The maximum atomic E-state index is 11.6. The molecule has 11 nitrogen and oxygen atoms in total. The van der Waals surface area contributed by atoms with E-state index in [-0.39, 0.29) is 29.5 Å². The summed E-state index contributed by atoms with van der Waals surface area (Å²) in [6, 6.07) is 2.03. The molecule has 2 aliphatic rings. The van der Waals surface area contributed by atoms with Crippen LogP contribution in [0.5, 0.6) is 0 Å². The van der Waals surface area contributed by atoms with E-state index in [1.165, 1.54) is 31.8 Å². The van der Waals surface area contributed by atoms with Crippen LogP contribution in [-0.2, 0) is 33.6 Å². The van der Waals surface area contributed by atoms with Crippen molar-refractivity contribution in [2.24, 2.45) is 5.73 Å². The number of amides is 1. The summed E-state index contributed by atoms with van der Waals surface area (Å²) in [7, 11) is 0. The van der Waals surface area contributed by atoms with E-state index in [0.717, 1.165) is 38.5 Å². The number of esters is 2. The third kappa shape index (κ3) is 27.5. The maximum absolute atomic E-state index is 11.6. The molecule has 1 amide bonds. The Labute approximate surface area is 268 Å². The molecule has 0 aliphatic heterocycles. The number of ether oxygens (including phenoxy) is 2. The quantitative estimate of drug-likeness (QED) is 0.228. The standard InChI is InChI=1S/C12H18N2O3.C9H17NO2.C3H3NO2.3HI.V/c1-9(14-11(15)7-8-13)12(16)17-10-5-3-2-4-6-10;1-7(10)9(11)12-8-5-3-2-4-6-8;4-2-1-3(5)6;;;;/h9-10H,2-7H2,1H3,(H,14,15);7-8H,2-6,10H2,1H3;1H2,(H,5,6);3*1H;/q;;;;;;+3/p-3. The van der Waals surface area contributed by atoms with Crippen molar-refractivity contribution >= 4 is 83.8 Å². The van der Waals surface area contributed by atoms with Crippen LogP contribution in [0.2, 0.25) is 0 Å². The van der Waals surface area contributed by atoms with Gasteiger partial charge in [-0.05, 0) is 65.2 Å². The fourth-order valence-corrected chi connectivity index (χ4v) is 3.39. The molecule has 0 saturated heterocycles. The summed E-state index contributed by atoms with van der Waals surface area (Å²) in [6.45, 7) is 3.23. The molecule has 15 heteroatoms. The van der Waals surface area contributed by atoms with E-state index in [0.29, 0.717) is 0 Å². The van der Waals surface area contributed by atoms with E-state index in [1.807, 2.05) is 0 Å². The molecule has 2 rings (SSSR count). The van der Waals surface area contributed by atoms with Crippen molar-refractivity contribution in [3.63, 3.8) is 0 Å². The van der Waals surface area contributed by atoms with Crippen LogP contribution in [0.4, 0.5) is 0 Å². The van der Waals surface area contributed by atoms with Crippen LogP contribution in [0, 0.1) is 22.7 Å². The minimum atomic E-state index is -1.07. The molecule has 0 radical (unpaired) electrons. The number of hydrogen-bond donors (Lipinski definition) is 3. The molecule has 2 unspecified atom stereocenters. The summed E-state index contributed by atoms with van der Waals surface area (Å²) in [4.78, 5) is 42.9. The monoisotopic (exact) mass is 926 g/mol. The Kier molecular flexibility index (Phi) is 27.7. The summed E-state index contributed by atoms with van der Waals surface area (Å²) < 4.78 is 10.5. The van der Waals surface area contributed by atoms with E-state index < -0.39 is 36.4 Å². The van der Waals surface area contributed by atoms with Gasteiger partial charge in [-0.25, -0.2) is 4.79 Å². The number of carboxylic acid groups (broad SMARTS) is 1. The molecular formula is C24H38I3N4O7V. The summed E-state index contributed by atoms with van der Waals surface area (Å²) >= 11 is 7.39. The third-order valence-electron chi connectivity index (χ3n) is 5.24. The van der Waals surface area contributed by atoms with Crippen molar-refractivity contribution in [3.8, 4) is 12.1 Å². The van der Waals surface area contributed by atoms with E-state index in [2.05, 4.69) is 65.3 Å². The van der Waals surface area contributed by atoms with Crippen LogP contribution < -0.4 is 11.1 Å². The van der Waals surface area contributed by atoms with Crippen molar-refractivity contribution in [1.29, 1.82) is 10.5 Å². The molecule has 0 aromatic rings. The van der Waals surface area contributed by atoms with Gasteiger partial charge in [-0.2, -0.15) is 10.5 Å². The van der Waals surface area contributed by atoms with E-state index in [9.17, 15) is 19.2 Å². The first-order valence-electron chi connectivity index (χ1n) is 12.5. The molecule has 0 bridgehead atoms. The first kappa shape index (κ1) is 40.7. The Bertz CT molecular complexity index is 808. The van der Waals surface area contributed by atoms with Gasteiger partial charge in [-0.15, -0.1) is 0 Å². The predicted molar refractivity (Wildman–Crippen MR) is 167 cm³/mol. The number of nitrogens with one attached hydrogen (secondary N) is 1. The van der Waals surface area contributed by atoms with Crippen LogP contribution in [0.15, 0.2) is 0 Å². The molecule has 0 heterocycles. The molecule has 4 N–H and O–H groups in total. The van der Waals surface area contributed by atoms with Crippen LogP contribution in [0.1, 0.15) is 90.9 Å². The molecule has 0 aromatic carbocycles. The molecule has 2 saturated carbocycles. The molecule has 0 spiro atoms. The number of nitrogens with two attached hydrogens (primary N) is 1. The summed E-state index contributed by atoms with van der Waals surface area (Å²) in [6.07, 6.45) is 10.3. The topological polar surface area (TPSA) is 193 Å². The molecule has 222 valence electrons. The molecular weight excluding hydrogens is 888 g/mol. The van der Waals surface area contributed by atoms with E-state index in [1.54, 1.807) is 19.9 Å². The number of nitrogens with zero attached hydrogens (tertiary/aromatic N) is 2. The fourth-order valence-electron chi connectivity index (χ4n) is 3.39. The van der Waals surface area contributed by atoms with Crippen LogP contribution in [0.25, 0.3) is 0 Å². The van der Waals surface area contributed by atoms with Gasteiger partial charge in [0.1, 0.15) is 37.1 Å². The van der Waals surface area contributed by atoms with Crippen LogP contribution in [-0.4, -0.2) is 53.2 Å². The number of nitriles is 2. The van der Waals surface area contributed by atoms with Gasteiger partial charge in [0, 0.05) is 0 Å². The average molecular weight is 926 g/mol. The Hall–Kier alpha value is -0.406. The third-order valence-corrected chi connectivity index (χ3v) is 5.24. The Balaban J connectivity index is 0. The molecule has 39 heavy (non-hydrogen) atoms. The molecule has 2 atom stereocenters. The van der Waals surface area contributed by atoms with Gasteiger partial charge in [-0.1, -0.05) is 12.8 Å². The van der Waals surface area contributed by atoms with E-state index in [4.69, 9.17) is 30.8 Å². The SMILES string of the molecule is CC(N)C(=O)OC1CCCCC1.CC(NC(=O)CC#N)C(=O)OC1CCCCC1.N#CCC(=O)O.[I][V]([I])[I]. The normalized spacial score (nSPS) is 16.4. The number of halogens is 3. The molecule has 0 aromatic heterocycles. The zero-order valence-electron chi connectivity index (χ0n) is 22.2. The fraction of sp³-hybridized carbons (Fsp3) is 0.750. The summed E-state index contributed by atoms with van der Waals surface area (Å²) in [5.74, 6) is -2.19. The number of aliphatic carboxylic acids is 1. The van der Waals surface area contributed by atoms with Crippen molar-refractivity contribution in [1.82, 2.24) is 5.32 Å². The second kappa shape index (κ2) is 26.5. The van der Waals surface area contributed by atoms with Crippen molar-refractivity contribution in [3.05, 3.63) is 0 Å². The van der Waals surface area contributed by atoms with Crippen molar-refractivity contribution in [2.75, 3.05) is 0 Å². The second-order valence-electron chi connectivity index (χ2n) is 8.73. The van der Waals surface area contributed by atoms with Crippen LogP contribution in [0.3, 0.4) is 0 Å². The predicted octanol–water partition coefficient (Wildman–Crippen LogP) is 5.13. The van der Waals surface area contributed by atoms with Gasteiger partial charge in [0.2, 0.25) is 5.91 Å². The second-order valence-corrected chi connectivity index (χ2v) is 44.1. The van der Waals surface area contributed by atoms with Gasteiger partial charge in [0.05, 0.1) is 12.1 Å². The van der Waals surface area contributed by atoms with Crippen LogP contribution >= 0.6 is 59.9 Å². The zero-order chi connectivity index (χ0) is 30.2. The average Bonchev–Trinajstić information content (AvgIpc) is 2.85. The minimum absolute atomic E-state index is 0.00781. The van der Waals surface area contributed by atoms with Gasteiger partial charge < -0.3 is 25.6 Å². The first-order valence-corrected chi connectivity index (χ1v) is 26.0. The number of rotatable bonds is 7. The Morgan fingerprint density at radius 2 is 1.26 bits per heavy atom. The van der Waals surface area contributed by atoms with Gasteiger partial charge >= 0.3 is 82.8 Å². The number of hydrogen-bond acceptors (Lipinski definition) is 9. The van der Waals surface area contributed by atoms with E-state index >= 15 is 0 Å². The summed E-state index contributed by atoms with van der Waals surface area (Å²) in [5, 5.41) is 26.1. The van der Waals surface area contributed by atoms with Gasteiger partial charge in [0.25, 0.3) is 0 Å². The van der Waals surface area contributed by atoms with Crippen molar-refractivity contribution < 1.29 is 38.7 Å². The molecule has 2 fully saturated rings. The Morgan fingerprint density at radius 1 is 0.872 bits per heavy atom. The number of carbonyl (C=O) groups is 4.